The highest BCUT2D eigenvalue weighted by Gasteiger charge is 2.31. The lowest BCUT2D eigenvalue weighted by atomic mass is 10.0. The van der Waals surface area contributed by atoms with Crippen LogP contribution in [0.3, 0.4) is 0 Å². The number of halogens is 1. The molecule has 12 heteroatoms. The van der Waals surface area contributed by atoms with Crippen molar-refractivity contribution in [2.24, 2.45) is 0 Å². The number of aromatic nitrogens is 2. The molecule has 1 unspecified atom stereocenters. The third-order valence-corrected chi connectivity index (χ3v) is 7.14. The number of urea groups is 1. The lowest BCUT2D eigenvalue weighted by molar-refractivity contribution is -0.140. The maximum atomic E-state index is 12.9. The zero-order valence-electron chi connectivity index (χ0n) is 19.1. The summed E-state index contributed by atoms with van der Waals surface area (Å²) in [5.41, 5.74) is 0.276. The maximum Gasteiger partial charge on any atom is 0.332 e. The van der Waals surface area contributed by atoms with Gasteiger partial charge in [-0.15, -0.1) is 0 Å². The third kappa shape index (κ3) is 5.02. The maximum absolute atomic E-state index is 12.9. The molecule has 2 aliphatic rings. The van der Waals surface area contributed by atoms with E-state index in [9.17, 15) is 29.1 Å². The number of fused-ring (bicyclic) bond motifs is 1. The predicted octanol–water partition coefficient (Wildman–Crippen LogP) is 1.50. The number of carbonyl (C=O) groups excluding carboxylic acids is 2. The molecule has 1 aromatic carbocycles. The van der Waals surface area contributed by atoms with Crippen LogP contribution in [0.15, 0.2) is 44.5 Å². The standard InChI is InChI=1S/C23H26BrN5O6/c1-14(21(32)33)29-20(31)17(24)12-27(23(29)35)13-19(30)26-9-7-16(8-10-26)28-11-6-15-4-2-3-5-18(15)25-22(28)34/h2-5,12,14,16H,6-11,13H2,1H3,(H,25,34)(H,32,33). The molecular formula is C23H26BrN5O6. The van der Waals surface area contributed by atoms with Crippen molar-refractivity contribution < 1.29 is 19.5 Å². The van der Waals surface area contributed by atoms with Crippen LogP contribution in [0.4, 0.5) is 10.5 Å². The zero-order valence-corrected chi connectivity index (χ0v) is 20.7. The van der Waals surface area contributed by atoms with E-state index in [-0.39, 0.29) is 29.0 Å². The lowest BCUT2D eigenvalue weighted by Crippen LogP contribution is -2.51. The van der Waals surface area contributed by atoms with Crippen LogP contribution in [0.2, 0.25) is 0 Å². The average Bonchev–Trinajstić information content (AvgIpc) is 3.00. The number of piperidine rings is 1. The van der Waals surface area contributed by atoms with Crippen molar-refractivity contribution in [3.63, 3.8) is 0 Å². The topological polar surface area (TPSA) is 134 Å². The van der Waals surface area contributed by atoms with Gasteiger partial charge >= 0.3 is 17.7 Å². The number of carboxylic acid groups (broad SMARTS) is 1. The number of para-hydroxylation sites is 1. The minimum Gasteiger partial charge on any atom is -0.480 e. The Morgan fingerprint density at radius 3 is 2.51 bits per heavy atom. The number of likely N-dealkylation sites (tertiary alicyclic amines) is 1. The monoisotopic (exact) mass is 547 g/mol. The van der Waals surface area contributed by atoms with Gasteiger partial charge in [0.2, 0.25) is 5.91 Å². The molecule has 0 radical (unpaired) electrons. The Morgan fingerprint density at radius 2 is 1.83 bits per heavy atom. The smallest absolute Gasteiger partial charge is 0.332 e. The summed E-state index contributed by atoms with van der Waals surface area (Å²) in [4.78, 5) is 65.5. The number of anilines is 1. The van der Waals surface area contributed by atoms with Crippen LogP contribution in [-0.2, 0) is 22.6 Å². The van der Waals surface area contributed by atoms with E-state index in [2.05, 4.69) is 21.2 Å². The number of aliphatic carboxylic acids is 1. The number of rotatable bonds is 5. The largest absolute Gasteiger partial charge is 0.480 e. The first kappa shape index (κ1) is 24.7. The van der Waals surface area contributed by atoms with Crippen molar-refractivity contribution in [3.05, 3.63) is 61.3 Å². The molecule has 2 aromatic rings. The van der Waals surface area contributed by atoms with Gasteiger partial charge in [-0.2, -0.15) is 0 Å². The normalized spacial score (nSPS) is 17.4. The number of benzene rings is 1. The molecule has 1 fully saturated rings. The summed E-state index contributed by atoms with van der Waals surface area (Å²) < 4.78 is 1.64. The van der Waals surface area contributed by atoms with Gasteiger partial charge in [-0.05, 0) is 53.7 Å². The van der Waals surface area contributed by atoms with Gasteiger partial charge in [-0.3, -0.25) is 14.2 Å². The van der Waals surface area contributed by atoms with Crippen LogP contribution >= 0.6 is 15.9 Å². The second kappa shape index (κ2) is 10.1. The Bertz CT molecular complexity index is 1280. The molecule has 3 amide bonds. The van der Waals surface area contributed by atoms with Crippen LogP contribution in [0.1, 0.15) is 31.4 Å². The van der Waals surface area contributed by atoms with Crippen molar-refractivity contribution in [3.8, 4) is 0 Å². The molecular weight excluding hydrogens is 522 g/mol. The summed E-state index contributed by atoms with van der Waals surface area (Å²) in [6, 6.07) is 6.18. The zero-order chi connectivity index (χ0) is 25.3. The Kier molecular flexibility index (Phi) is 7.10. The van der Waals surface area contributed by atoms with Crippen molar-refractivity contribution in [2.75, 3.05) is 25.0 Å². The van der Waals surface area contributed by atoms with Gasteiger partial charge in [0.05, 0.1) is 4.47 Å². The number of nitrogens with zero attached hydrogens (tertiary/aromatic N) is 4. The molecule has 0 aliphatic carbocycles. The molecule has 186 valence electrons. The van der Waals surface area contributed by atoms with E-state index in [1.807, 2.05) is 29.2 Å². The number of hydrogen-bond acceptors (Lipinski definition) is 5. The number of nitrogens with one attached hydrogen (secondary N) is 1. The summed E-state index contributed by atoms with van der Waals surface area (Å²) in [5, 5.41) is 12.2. The first-order valence-electron chi connectivity index (χ1n) is 11.3. The molecule has 0 spiro atoms. The Hall–Kier alpha value is -3.41. The van der Waals surface area contributed by atoms with Crippen molar-refractivity contribution in [1.29, 1.82) is 0 Å². The second-order valence-corrected chi connectivity index (χ2v) is 9.57. The molecule has 1 atom stereocenters. The summed E-state index contributed by atoms with van der Waals surface area (Å²) in [6.07, 6.45) is 3.16. The van der Waals surface area contributed by atoms with Crippen LogP contribution in [0.5, 0.6) is 0 Å². The van der Waals surface area contributed by atoms with E-state index in [0.717, 1.165) is 22.2 Å². The summed E-state index contributed by atoms with van der Waals surface area (Å²) in [6.45, 7) is 2.33. The molecule has 35 heavy (non-hydrogen) atoms. The van der Waals surface area contributed by atoms with Gasteiger partial charge in [-0.1, -0.05) is 18.2 Å². The van der Waals surface area contributed by atoms with Gasteiger partial charge in [0, 0.05) is 37.6 Å². The van der Waals surface area contributed by atoms with Crippen LogP contribution in [0.25, 0.3) is 0 Å². The molecule has 1 saturated heterocycles. The average molecular weight is 548 g/mol. The van der Waals surface area contributed by atoms with Gasteiger partial charge in [0.1, 0.15) is 12.6 Å². The molecule has 3 heterocycles. The Morgan fingerprint density at radius 1 is 1.14 bits per heavy atom. The summed E-state index contributed by atoms with van der Waals surface area (Å²) >= 11 is 3.05. The predicted molar refractivity (Wildman–Crippen MR) is 130 cm³/mol. The fraction of sp³-hybridized carbons (Fsp3) is 0.435. The number of hydrogen-bond donors (Lipinski definition) is 2. The minimum absolute atomic E-state index is 0.00937. The number of carbonyl (C=O) groups is 3. The SMILES string of the molecule is CC(C(=O)O)n1c(=O)c(Br)cn(CC(=O)N2CCC(N3CCc4ccccc4NC3=O)CC2)c1=O. The second-order valence-electron chi connectivity index (χ2n) is 8.72. The van der Waals surface area contributed by atoms with Crippen LogP contribution < -0.4 is 16.6 Å². The first-order valence-corrected chi connectivity index (χ1v) is 12.1. The van der Waals surface area contributed by atoms with Gasteiger partial charge < -0.3 is 20.2 Å². The lowest BCUT2D eigenvalue weighted by Gasteiger charge is -2.38. The fourth-order valence-corrected chi connectivity index (χ4v) is 5.00. The van der Waals surface area contributed by atoms with Crippen molar-refractivity contribution in [2.45, 2.75) is 44.8 Å². The highest BCUT2D eigenvalue weighted by Crippen LogP contribution is 2.24. The molecule has 2 aliphatic heterocycles. The van der Waals surface area contributed by atoms with Gasteiger partial charge in [0.15, 0.2) is 0 Å². The molecule has 0 bridgehead atoms. The van der Waals surface area contributed by atoms with E-state index in [1.165, 1.54) is 13.1 Å². The molecule has 4 rings (SSSR count). The minimum atomic E-state index is -1.38. The van der Waals surface area contributed by atoms with Crippen molar-refractivity contribution >= 4 is 39.5 Å². The fourth-order valence-electron chi connectivity index (χ4n) is 4.56. The van der Waals surface area contributed by atoms with Gasteiger partial charge in [-0.25, -0.2) is 19.0 Å². The summed E-state index contributed by atoms with van der Waals surface area (Å²) in [5.74, 6) is -1.65. The first-order chi connectivity index (χ1) is 16.7. The van der Waals surface area contributed by atoms with Gasteiger partial charge in [0.25, 0.3) is 5.56 Å². The van der Waals surface area contributed by atoms with E-state index in [0.29, 0.717) is 37.0 Å². The highest BCUT2D eigenvalue weighted by molar-refractivity contribution is 9.10. The molecule has 1 aromatic heterocycles. The molecule has 11 nitrogen and oxygen atoms in total. The van der Waals surface area contributed by atoms with E-state index >= 15 is 0 Å². The van der Waals surface area contributed by atoms with Crippen molar-refractivity contribution in [1.82, 2.24) is 18.9 Å². The quantitative estimate of drug-likeness (QED) is 0.582. The Labute approximate surface area is 209 Å². The van der Waals surface area contributed by atoms with E-state index < -0.39 is 23.3 Å². The summed E-state index contributed by atoms with van der Waals surface area (Å²) in [7, 11) is 0. The van der Waals surface area contributed by atoms with E-state index in [4.69, 9.17) is 0 Å². The third-order valence-electron chi connectivity index (χ3n) is 6.59. The Balaban J connectivity index is 1.41. The van der Waals surface area contributed by atoms with E-state index in [1.54, 1.807) is 4.90 Å². The van der Waals surface area contributed by atoms with Crippen LogP contribution in [-0.4, -0.2) is 67.6 Å². The number of amides is 3. The molecule has 2 N–H and O–H groups in total. The van der Waals surface area contributed by atoms with Crippen LogP contribution in [0, 0.1) is 0 Å². The highest BCUT2D eigenvalue weighted by atomic mass is 79.9. The number of carboxylic acids is 1. The molecule has 0 saturated carbocycles.